The van der Waals surface area contributed by atoms with Gasteiger partial charge in [0.25, 0.3) is 0 Å². The molecular formula is C16H17ClO. The zero-order chi connectivity index (χ0) is 13.1. The van der Waals surface area contributed by atoms with E-state index in [4.69, 9.17) is 11.6 Å². The molecule has 0 spiro atoms. The Balaban J connectivity index is 2.21. The summed E-state index contributed by atoms with van der Waals surface area (Å²) in [4.78, 5) is 0. The maximum atomic E-state index is 10.3. The van der Waals surface area contributed by atoms with Crippen molar-refractivity contribution in [3.05, 3.63) is 69.7 Å². The molecule has 2 rings (SSSR count). The van der Waals surface area contributed by atoms with Crippen LogP contribution in [0.2, 0.25) is 5.02 Å². The Bertz CT molecular complexity index is 528. The average molecular weight is 261 g/mol. The number of hydrogen-bond donors (Lipinski definition) is 1. The van der Waals surface area contributed by atoms with E-state index in [1.165, 1.54) is 11.1 Å². The van der Waals surface area contributed by atoms with Crippen LogP contribution in [0.4, 0.5) is 0 Å². The Morgan fingerprint density at radius 3 is 2.28 bits per heavy atom. The van der Waals surface area contributed by atoms with Gasteiger partial charge in [0.15, 0.2) is 0 Å². The fraction of sp³-hybridized carbons (Fsp3) is 0.250. The van der Waals surface area contributed by atoms with Gasteiger partial charge in [-0.1, -0.05) is 59.1 Å². The third-order valence-electron chi connectivity index (χ3n) is 2.97. The van der Waals surface area contributed by atoms with Crippen molar-refractivity contribution in [2.45, 2.75) is 26.4 Å². The minimum atomic E-state index is -0.556. The lowest BCUT2D eigenvalue weighted by Gasteiger charge is -2.13. The van der Waals surface area contributed by atoms with Crippen LogP contribution in [0, 0.1) is 13.8 Å². The zero-order valence-corrected chi connectivity index (χ0v) is 11.4. The molecule has 0 saturated heterocycles. The predicted octanol–water partition coefficient (Wildman–Crippen LogP) is 4.23. The van der Waals surface area contributed by atoms with Crippen LogP contribution in [0.3, 0.4) is 0 Å². The summed E-state index contributed by atoms with van der Waals surface area (Å²) >= 11 is 6.09. The Hall–Kier alpha value is -1.31. The second kappa shape index (κ2) is 5.55. The van der Waals surface area contributed by atoms with Gasteiger partial charge in [0, 0.05) is 11.4 Å². The topological polar surface area (TPSA) is 20.2 Å². The summed E-state index contributed by atoms with van der Waals surface area (Å²) in [5.41, 5.74) is 4.37. The SMILES string of the molecule is Cc1cc(C)cc(CC(O)c2ccccc2Cl)c1. The molecule has 2 aromatic carbocycles. The van der Waals surface area contributed by atoms with Crippen LogP contribution in [0.25, 0.3) is 0 Å². The minimum absolute atomic E-state index is 0.556. The molecule has 1 N–H and O–H groups in total. The Morgan fingerprint density at radius 2 is 1.67 bits per heavy atom. The maximum absolute atomic E-state index is 10.3. The Kier molecular flexibility index (Phi) is 4.05. The zero-order valence-electron chi connectivity index (χ0n) is 10.7. The highest BCUT2D eigenvalue weighted by Gasteiger charge is 2.12. The van der Waals surface area contributed by atoms with Gasteiger partial charge >= 0.3 is 0 Å². The third-order valence-corrected chi connectivity index (χ3v) is 3.32. The fourth-order valence-corrected chi connectivity index (χ4v) is 2.53. The second-order valence-corrected chi connectivity index (χ2v) is 5.14. The monoisotopic (exact) mass is 260 g/mol. The first-order valence-electron chi connectivity index (χ1n) is 6.06. The van der Waals surface area contributed by atoms with Gasteiger partial charge in [-0.2, -0.15) is 0 Å². The fourth-order valence-electron chi connectivity index (χ4n) is 2.27. The molecule has 0 heterocycles. The molecule has 2 aromatic rings. The Morgan fingerprint density at radius 1 is 1.06 bits per heavy atom. The molecule has 2 heteroatoms. The summed E-state index contributed by atoms with van der Waals surface area (Å²) in [6.07, 6.45) is 0.0339. The quantitative estimate of drug-likeness (QED) is 0.876. The van der Waals surface area contributed by atoms with Gasteiger partial charge in [-0.3, -0.25) is 0 Å². The van der Waals surface area contributed by atoms with Crippen molar-refractivity contribution in [2.75, 3.05) is 0 Å². The van der Waals surface area contributed by atoms with E-state index in [0.717, 1.165) is 11.1 Å². The number of benzene rings is 2. The number of halogens is 1. The molecule has 1 nitrogen and oxygen atoms in total. The van der Waals surface area contributed by atoms with Crippen LogP contribution in [0.15, 0.2) is 42.5 Å². The van der Waals surface area contributed by atoms with Crippen LogP contribution < -0.4 is 0 Å². The van der Waals surface area contributed by atoms with Gasteiger partial charge < -0.3 is 5.11 Å². The van der Waals surface area contributed by atoms with E-state index in [-0.39, 0.29) is 0 Å². The lowest BCUT2D eigenvalue weighted by molar-refractivity contribution is 0.178. The number of aliphatic hydroxyl groups excluding tert-OH is 1. The van der Waals surface area contributed by atoms with Crippen molar-refractivity contribution in [2.24, 2.45) is 0 Å². The summed E-state index contributed by atoms with van der Waals surface area (Å²) in [7, 11) is 0. The first kappa shape index (κ1) is 13.1. The van der Waals surface area contributed by atoms with Crippen LogP contribution in [0.1, 0.15) is 28.4 Å². The van der Waals surface area contributed by atoms with Gasteiger partial charge in [-0.25, -0.2) is 0 Å². The summed E-state index contributed by atoms with van der Waals surface area (Å²) in [6.45, 7) is 4.14. The lowest BCUT2D eigenvalue weighted by atomic mass is 9.98. The number of hydrogen-bond acceptors (Lipinski definition) is 1. The smallest absolute Gasteiger partial charge is 0.0844 e. The van der Waals surface area contributed by atoms with E-state index in [9.17, 15) is 5.11 Å². The highest BCUT2D eigenvalue weighted by molar-refractivity contribution is 6.31. The molecule has 1 atom stereocenters. The van der Waals surface area contributed by atoms with Crippen LogP contribution in [0.5, 0.6) is 0 Å². The molecule has 0 fully saturated rings. The van der Waals surface area contributed by atoms with Gasteiger partial charge in [0.05, 0.1) is 6.10 Å². The second-order valence-electron chi connectivity index (χ2n) is 4.74. The van der Waals surface area contributed by atoms with Crippen molar-refractivity contribution in [3.8, 4) is 0 Å². The minimum Gasteiger partial charge on any atom is -0.388 e. The normalized spacial score (nSPS) is 12.4. The standard InChI is InChI=1S/C16H17ClO/c1-11-7-12(2)9-13(8-11)10-16(18)14-5-3-4-6-15(14)17/h3-9,16,18H,10H2,1-2H3. The molecule has 0 aliphatic carbocycles. The summed E-state index contributed by atoms with van der Waals surface area (Å²) < 4.78 is 0. The summed E-state index contributed by atoms with van der Waals surface area (Å²) in [5.74, 6) is 0. The maximum Gasteiger partial charge on any atom is 0.0844 e. The molecule has 0 aliphatic rings. The van der Waals surface area contributed by atoms with E-state index in [1.807, 2.05) is 24.3 Å². The van der Waals surface area contributed by atoms with Crippen LogP contribution >= 0.6 is 11.6 Å². The molecule has 94 valence electrons. The molecule has 18 heavy (non-hydrogen) atoms. The number of rotatable bonds is 3. The van der Waals surface area contributed by atoms with Gasteiger partial charge in [-0.15, -0.1) is 0 Å². The van der Waals surface area contributed by atoms with Crippen molar-refractivity contribution in [1.29, 1.82) is 0 Å². The number of aliphatic hydroxyl groups is 1. The largest absolute Gasteiger partial charge is 0.388 e. The third kappa shape index (κ3) is 3.12. The molecule has 0 aromatic heterocycles. The molecule has 0 amide bonds. The highest BCUT2D eigenvalue weighted by atomic mass is 35.5. The van der Waals surface area contributed by atoms with Gasteiger partial charge in [-0.05, 0) is 31.0 Å². The van der Waals surface area contributed by atoms with Crippen molar-refractivity contribution in [1.82, 2.24) is 0 Å². The van der Waals surface area contributed by atoms with E-state index in [2.05, 4.69) is 32.0 Å². The average Bonchev–Trinajstić information content (AvgIpc) is 2.27. The predicted molar refractivity (Wildman–Crippen MR) is 76.0 cm³/mol. The first-order valence-corrected chi connectivity index (χ1v) is 6.44. The lowest BCUT2D eigenvalue weighted by Crippen LogP contribution is -2.03. The molecular weight excluding hydrogens is 244 g/mol. The number of aryl methyl sites for hydroxylation is 2. The van der Waals surface area contributed by atoms with Crippen molar-refractivity contribution >= 4 is 11.6 Å². The van der Waals surface area contributed by atoms with Crippen molar-refractivity contribution < 1.29 is 5.11 Å². The summed E-state index contributed by atoms with van der Waals surface area (Å²) in [5, 5.41) is 10.9. The van der Waals surface area contributed by atoms with Gasteiger partial charge in [0.2, 0.25) is 0 Å². The highest BCUT2D eigenvalue weighted by Crippen LogP contribution is 2.25. The van der Waals surface area contributed by atoms with E-state index >= 15 is 0 Å². The molecule has 0 aliphatic heterocycles. The van der Waals surface area contributed by atoms with E-state index in [1.54, 1.807) is 0 Å². The van der Waals surface area contributed by atoms with E-state index < -0.39 is 6.10 Å². The Labute approximate surface area is 113 Å². The molecule has 1 unspecified atom stereocenters. The molecule has 0 saturated carbocycles. The molecule has 0 bridgehead atoms. The van der Waals surface area contributed by atoms with Crippen LogP contribution in [-0.4, -0.2) is 5.11 Å². The van der Waals surface area contributed by atoms with E-state index in [0.29, 0.717) is 11.4 Å². The van der Waals surface area contributed by atoms with Gasteiger partial charge in [0.1, 0.15) is 0 Å². The molecule has 0 radical (unpaired) electrons. The van der Waals surface area contributed by atoms with Crippen LogP contribution in [-0.2, 0) is 6.42 Å². The first-order chi connectivity index (χ1) is 8.56. The summed E-state index contributed by atoms with van der Waals surface area (Å²) in [6, 6.07) is 13.8. The van der Waals surface area contributed by atoms with Crippen molar-refractivity contribution in [3.63, 3.8) is 0 Å².